The van der Waals surface area contributed by atoms with Gasteiger partial charge in [0.2, 0.25) is 0 Å². The molecule has 0 unspecified atom stereocenters. The number of hydrogen-bond acceptors (Lipinski definition) is 11. The van der Waals surface area contributed by atoms with Crippen LogP contribution in [0.25, 0.3) is 34.2 Å². The standard InChI is InChI=1S/C30H18BrF6N9OS2/c31-24-16(30(35,36)37)11-23(46-28-43-21(13-49-28)18-6-2-4-8-39-18)44-25(24)19-9-15(26(47)40-14-29(32,33)34)10-22(41-19)45-27-42-20(12-48-27)17-5-1-3-7-38-17/h1-13H,14H2,(H,40,47)(H,41,42,45)(H,43,44,46). The maximum Gasteiger partial charge on any atom is 0.417 e. The number of rotatable bonds is 9. The minimum Gasteiger partial charge on any atom is -0.343 e. The van der Waals surface area contributed by atoms with E-state index >= 15 is 0 Å². The summed E-state index contributed by atoms with van der Waals surface area (Å²) < 4.78 is 81.1. The van der Waals surface area contributed by atoms with Crippen molar-refractivity contribution in [3.8, 4) is 34.2 Å². The molecule has 6 heterocycles. The van der Waals surface area contributed by atoms with E-state index in [2.05, 4.69) is 56.5 Å². The van der Waals surface area contributed by atoms with E-state index in [4.69, 9.17) is 0 Å². The number of carbonyl (C=O) groups excluding carboxylic acids is 1. The third-order valence-electron chi connectivity index (χ3n) is 6.38. The number of alkyl halides is 6. The summed E-state index contributed by atoms with van der Waals surface area (Å²) in [5.41, 5.74) is -0.0135. The van der Waals surface area contributed by atoms with E-state index < -0.39 is 34.8 Å². The molecular formula is C30H18BrF6N9OS2. The fraction of sp³-hybridized carbons (Fsp3) is 0.100. The summed E-state index contributed by atoms with van der Waals surface area (Å²) in [6.45, 7) is -1.64. The van der Waals surface area contributed by atoms with Crippen molar-refractivity contribution in [1.29, 1.82) is 0 Å². The molecular weight excluding hydrogens is 760 g/mol. The molecule has 0 bridgehead atoms. The van der Waals surface area contributed by atoms with Gasteiger partial charge in [-0.2, -0.15) is 26.3 Å². The lowest BCUT2D eigenvalue weighted by atomic mass is 10.1. The fourth-order valence-electron chi connectivity index (χ4n) is 4.24. The van der Waals surface area contributed by atoms with Crippen LogP contribution in [0.1, 0.15) is 15.9 Å². The van der Waals surface area contributed by atoms with Gasteiger partial charge in [-0.15, -0.1) is 22.7 Å². The van der Waals surface area contributed by atoms with Crippen LogP contribution < -0.4 is 16.0 Å². The first kappa shape index (κ1) is 33.9. The number of carbonyl (C=O) groups is 1. The zero-order valence-electron chi connectivity index (χ0n) is 24.3. The first-order valence-corrected chi connectivity index (χ1v) is 16.3. The number of anilines is 4. The maximum atomic E-state index is 14.3. The molecule has 10 nitrogen and oxygen atoms in total. The van der Waals surface area contributed by atoms with Gasteiger partial charge in [0.15, 0.2) is 10.3 Å². The molecule has 0 aliphatic rings. The molecule has 49 heavy (non-hydrogen) atoms. The Morgan fingerprint density at radius 3 is 1.80 bits per heavy atom. The van der Waals surface area contributed by atoms with E-state index in [0.29, 0.717) is 22.8 Å². The van der Waals surface area contributed by atoms with Gasteiger partial charge in [-0.05, 0) is 58.4 Å². The average Bonchev–Trinajstić information content (AvgIpc) is 3.74. The molecule has 250 valence electrons. The van der Waals surface area contributed by atoms with Gasteiger partial charge in [0.25, 0.3) is 5.91 Å². The number of thiazole rings is 2. The van der Waals surface area contributed by atoms with Crippen LogP contribution in [0.4, 0.5) is 48.2 Å². The molecule has 3 N–H and O–H groups in total. The van der Waals surface area contributed by atoms with Crippen LogP contribution in [0, 0.1) is 0 Å². The molecule has 6 aromatic heterocycles. The predicted octanol–water partition coefficient (Wildman–Crippen LogP) is 8.74. The number of nitrogens with zero attached hydrogens (tertiary/aromatic N) is 6. The van der Waals surface area contributed by atoms with Crippen LogP contribution in [0.5, 0.6) is 0 Å². The average molecular weight is 779 g/mol. The number of hydrogen-bond donors (Lipinski definition) is 3. The van der Waals surface area contributed by atoms with Crippen LogP contribution in [0.2, 0.25) is 0 Å². The topological polar surface area (TPSA) is 130 Å². The normalized spacial score (nSPS) is 11.7. The van der Waals surface area contributed by atoms with Crippen molar-refractivity contribution in [2.24, 2.45) is 0 Å². The van der Waals surface area contributed by atoms with Crippen LogP contribution in [-0.4, -0.2) is 48.5 Å². The van der Waals surface area contributed by atoms with E-state index in [1.807, 2.05) is 0 Å². The summed E-state index contributed by atoms with van der Waals surface area (Å²) in [7, 11) is 0. The molecule has 0 aliphatic carbocycles. The minimum atomic E-state index is -4.87. The second-order valence-electron chi connectivity index (χ2n) is 9.90. The van der Waals surface area contributed by atoms with Crippen molar-refractivity contribution >= 4 is 66.4 Å². The van der Waals surface area contributed by atoms with E-state index in [9.17, 15) is 31.1 Å². The molecule has 0 saturated heterocycles. The van der Waals surface area contributed by atoms with Gasteiger partial charge >= 0.3 is 12.4 Å². The van der Waals surface area contributed by atoms with Gasteiger partial charge in [-0.25, -0.2) is 19.9 Å². The van der Waals surface area contributed by atoms with E-state index in [1.54, 1.807) is 64.9 Å². The molecule has 0 radical (unpaired) electrons. The number of pyridine rings is 4. The largest absolute Gasteiger partial charge is 0.417 e. The number of aromatic nitrogens is 6. The van der Waals surface area contributed by atoms with Crippen LogP contribution >= 0.6 is 38.6 Å². The third kappa shape index (κ3) is 8.35. The molecule has 19 heteroatoms. The SMILES string of the molecule is O=C(NCC(F)(F)F)c1cc(Nc2nc(-c3ccccn3)cs2)nc(-c2nc(Nc3nc(-c4ccccn4)cs3)cc(C(F)(F)F)c2Br)c1. The highest BCUT2D eigenvalue weighted by molar-refractivity contribution is 9.10. The number of amides is 1. The second kappa shape index (κ2) is 13.8. The molecule has 6 rings (SSSR count). The summed E-state index contributed by atoms with van der Waals surface area (Å²) in [6.07, 6.45) is -6.44. The van der Waals surface area contributed by atoms with Crippen molar-refractivity contribution in [3.63, 3.8) is 0 Å². The number of nitrogens with one attached hydrogen (secondary N) is 3. The lowest BCUT2D eigenvalue weighted by molar-refractivity contribution is -0.138. The Balaban J connectivity index is 1.40. The third-order valence-corrected chi connectivity index (χ3v) is 8.69. The van der Waals surface area contributed by atoms with Gasteiger partial charge in [0.05, 0.1) is 27.1 Å². The van der Waals surface area contributed by atoms with Gasteiger partial charge in [0, 0.05) is 28.7 Å². The van der Waals surface area contributed by atoms with Crippen molar-refractivity contribution in [2.75, 3.05) is 17.2 Å². The molecule has 0 saturated carbocycles. The van der Waals surface area contributed by atoms with Crippen LogP contribution in [-0.2, 0) is 6.18 Å². The second-order valence-corrected chi connectivity index (χ2v) is 12.4. The molecule has 0 spiro atoms. The van der Waals surface area contributed by atoms with E-state index in [-0.39, 0.29) is 38.9 Å². The zero-order valence-corrected chi connectivity index (χ0v) is 27.5. The maximum absolute atomic E-state index is 14.3. The summed E-state index contributed by atoms with van der Waals surface area (Å²) in [5.74, 6) is -1.52. The van der Waals surface area contributed by atoms with Crippen molar-refractivity contribution in [3.05, 3.63) is 93.4 Å². The van der Waals surface area contributed by atoms with Crippen molar-refractivity contribution in [2.45, 2.75) is 12.4 Å². The Labute approximate surface area is 288 Å². The summed E-state index contributed by atoms with van der Waals surface area (Å²) in [4.78, 5) is 38.9. The fourth-order valence-corrected chi connectivity index (χ4v) is 6.30. The zero-order chi connectivity index (χ0) is 34.8. The Morgan fingerprint density at radius 1 is 0.714 bits per heavy atom. The van der Waals surface area contributed by atoms with E-state index in [0.717, 1.165) is 40.9 Å². The molecule has 0 aromatic carbocycles. The van der Waals surface area contributed by atoms with Crippen molar-refractivity contribution in [1.82, 2.24) is 35.2 Å². The highest BCUT2D eigenvalue weighted by Crippen LogP contribution is 2.41. The summed E-state index contributed by atoms with van der Waals surface area (Å²) in [5, 5.41) is 11.2. The van der Waals surface area contributed by atoms with Crippen LogP contribution in [0.3, 0.4) is 0 Å². The Hall–Kier alpha value is -5.01. The Kier molecular flexibility index (Phi) is 9.57. The molecule has 6 aromatic rings. The molecule has 0 aliphatic heterocycles. The summed E-state index contributed by atoms with van der Waals surface area (Å²) in [6, 6.07) is 13.4. The van der Waals surface area contributed by atoms with Crippen molar-refractivity contribution < 1.29 is 31.1 Å². The lowest BCUT2D eigenvalue weighted by Crippen LogP contribution is -2.33. The van der Waals surface area contributed by atoms with Gasteiger partial charge < -0.3 is 16.0 Å². The number of halogens is 7. The molecule has 1 amide bonds. The first-order chi connectivity index (χ1) is 23.3. The van der Waals surface area contributed by atoms with Gasteiger partial charge in [-0.3, -0.25) is 14.8 Å². The smallest absolute Gasteiger partial charge is 0.343 e. The van der Waals surface area contributed by atoms with E-state index in [1.165, 1.54) is 0 Å². The Morgan fingerprint density at radius 2 is 1.29 bits per heavy atom. The highest BCUT2D eigenvalue weighted by atomic mass is 79.9. The van der Waals surface area contributed by atoms with Crippen LogP contribution in [0.15, 0.2) is 82.2 Å². The summed E-state index contributed by atoms with van der Waals surface area (Å²) >= 11 is 5.23. The minimum absolute atomic E-state index is 0.0999. The Bertz CT molecular complexity index is 2110. The van der Waals surface area contributed by atoms with Gasteiger partial charge in [-0.1, -0.05) is 12.1 Å². The highest BCUT2D eigenvalue weighted by Gasteiger charge is 2.36. The quantitative estimate of drug-likeness (QED) is 0.123. The predicted molar refractivity (Wildman–Crippen MR) is 176 cm³/mol. The molecule has 0 atom stereocenters. The first-order valence-electron chi connectivity index (χ1n) is 13.8. The molecule has 0 fully saturated rings. The lowest BCUT2D eigenvalue weighted by Gasteiger charge is -2.16. The van der Waals surface area contributed by atoms with Gasteiger partial charge in [0.1, 0.15) is 35.3 Å². The monoisotopic (exact) mass is 777 g/mol.